The summed E-state index contributed by atoms with van der Waals surface area (Å²) in [7, 11) is 0. The highest BCUT2D eigenvalue weighted by molar-refractivity contribution is 6.42. The number of benzene rings is 2. The number of nitrogens with zero attached hydrogens (tertiary/aromatic N) is 1. The summed E-state index contributed by atoms with van der Waals surface area (Å²) in [6.45, 7) is 3.94. The highest BCUT2D eigenvalue weighted by Gasteiger charge is 2.27. The number of hydrogen-bond acceptors (Lipinski definition) is 3. The molecule has 2 aliphatic rings. The highest BCUT2D eigenvalue weighted by atomic mass is 35.5. The standard InChI is InChI=1S/C27H30Cl2N4O/c28-22-6-3-5-21(26(22)29)25(33-14-12-30-13-15-33)16-18-8-10-20(11-9-18)31-27(34)24-17-19-4-1-2-7-23(19)32-24/h1-8,17,20,25,30,32H,9-16H2,(H,31,34). The van der Waals surface area contributed by atoms with E-state index >= 15 is 0 Å². The van der Waals surface area contributed by atoms with Gasteiger partial charge in [0, 0.05) is 49.2 Å². The summed E-state index contributed by atoms with van der Waals surface area (Å²) in [5.74, 6) is -0.0394. The molecule has 0 saturated carbocycles. The first kappa shape index (κ1) is 23.4. The summed E-state index contributed by atoms with van der Waals surface area (Å²) in [6, 6.07) is 16.2. The Bertz CT molecular complexity index is 1170. The number of carbonyl (C=O) groups is 1. The molecule has 3 aromatic rings. The minimum Gasteiger partial charge on any atom is -0.351 e. The molecule has 178 valence electrons. The largest absolute Gasteiger partial charge is 0.351 e. The highest BCUT2D eigenvalue weighted by Crippen LogP contribution is 2.38. The maximum atomic E-state index is 12.8. The molecule has 1 aromatic heterocycles. The molecule has 5 rings (SSSR count). The zero-order valence-electron chi connectivity index (χ0n) is 19.1. The van der Waals surface area contributed by atoms with Gasteiger partial charge in [-0.2, -0.15) is 0 Å². The van der Waals surface area contributed by atoms with Crippen LogP contribution < -0.4 is 10.6 Å². The molecule has 34 heavy (non-hydrogen) atoms. The van der Waals surface area contributed by atoms with Gasteiger partial charge in [-0.15, -0.1) is 0 Å². The molecule has 0 spiro atoms. The molecular weight excluding hydrogens is 467 g/mol. The fraction of sp³-hybridized carbons (Fsp3) is 0.370. The number of carbonyl (C=O) groups excluding carboxylic acids is 1. The smallest absolute Gasteiger partial charge is 0.267 e. The van der Waals surface area contributed by atoms with E-state index in [2.05, 4.69) is 32.7 Å². The number of aromatic amines is 1. The molecule has 2 aromatic carbocycles. The van der Waals surface area contributed by atoms with E-state index in [-0.39, 0.29) is 18.0 Å². The van der Waals surface area contributed by atoms with Crippen LogP contribution in [0, 0.1) is 0 Å². The second-order valence-corrected chi connectivity index (χ2v) is 10.0. The minimum absolute atomic E-state index is 0.0394. The van der Waals surface area contributed by atoms with Crippen LogP contribution in [-0.4, -0.2) is 48.0 Å². The zero-order valence-corrected chi connectivity index (χ0v) is 20.6. The van der Waals surface area contributed by atoms with Crippen molar-refractivity contribution in [3.63, 3.8) is 0 Å². The lowest BCUT2D eigenvalue weighted by molar-refractivity contribution is 0.0929. The predicted molar refractivity (Wildman–Crippen MR) is 140 cm³/mol. The number of piperazine rings is 1. The van der Waals surface area contributed by atoms with Crippen LogP contribution in [0.15, 0.2) is 60.2 Å². The van der Waals surface area contributed by atoms with Crippen molar-refractivity contribution in [1.82, 2.24) is 20.5 Å². The van der Waals surface area contributed by atoms with Gasteiger partial charge in [0.15, 0.2) is 0 Å². The van der Waals surface area contributed by atoms with Crippen molar-refractivity contribution in [1.29, 1.82) is 0 Å². The second-order valence-electron chi connectivity index (χ2n) is 9.23. The molecule has 1 fully saturated rings. The fourth-order valence-corrected chi connectivity index (χ4v) is 5.55. The van der Waals surface area contributed by atoms with Crippen molar-refractivity contribution < 1.29 is 4.79 Å². The second kappa shape index (κ2) is 10.5. The number of aromatic nitrogens is 1. The number of halogens is 2. The Hall–Kier alpha value is -2.31. The molecule has 2 unspecified atom stereocenters. The van der Waals surface area contributed by atoms with Crippen LogP contribution in [0.5, 0.6) is 0 Å². The van der Waals surface area contributed by atoms with Crippen LogP contribution in [-0.2, 0) is 0 Å². The molecule has 1 aliphatic carbocycles. The SMILES string of the molecule is O=C(NC1CC=C(CC(c2cccc(Cl)c2Cl)N2CCNCC2)CC1)c1cc2ccccc2[nH]1. The van der Waals surface area contributed by atoms with Crippen molar-refractivity contribution in [3.8, 4) is 0 Å². The Morgan fingerprint density at radius 2 is 1.94 bits per heavy atom. The molecule has 3 N–H and O–H groups in total. The van der Waals surface area contributed by atoms with E-state index in [1.807, 2.05) is 42.5 Å². The van der Waals surface area contributed by atoms with Crippen molar-refractivity contribution in [2.24, 2.45) is 0 Å². The molecule has 1 saturated heterocycles. The molecular formula is C27H30Cl2N4O. The topological polar surface area (TPSA) is 60.2 Å². The zero-order chi connectivity index (χ0) is 23.5. The van der Waals surface area contributed by atoms with Gasteiger partial charge >= 0.3 is 0 Å². The lowest BCUT2D eigenvalue weighted by Crippen LogP contribution is -2.45. The molecule has 0 bridgehead atoms. The van der Waals surface area contributed by atoms with Crippen LogP contribution in [0.1, 0.15) is 47.8 Å². The Labute approximate surface area is 210 Å². The van der Waals surface area contributed by atoms with Gasteiger partial charge in [-0.05, 0) is 49.4 Å². The first-order valence-corrected chi connectivity index (χ1v) is 12.8. The van der Waals surface area contributed by atoms with E-state index in [1.165, 1.54) is 5.57 Å². The van der Waals surface area contributed by atoms with E-state index in [4.69, 9.17) is 23.2 Å². The van der Waals surface area contributed by atoms with Crippen LogP contribution in [0.4, 0.5) is 0 Å². The average Bonchev–Trinajstić information content (AvgIpc) is 3.31. The lowest BCUT2D eigenvalue weighted by Gasteiger charge is -2.37. The molecule has 1 aliphatic heterocycles. The maximum Gasteiger partial charge on any atom is 0.267 e. The molecule has 2 heterocycles. The number of H-pyrrole nitrogens is 1. The van der Waals surface area contributed by atoms with Crippen LogP contribution in [0.2, 0.25) is 10.0 Å². The van der Waals surface area contributed by atoms with E-state index < -0.39 is 0 Å². The molecule has 2 atom stereocenters. The normalized spacial score (nSPS) is 20.2. The third-order valence-corrected chi connectivity index (χ3v) is 7.84. The van der Waals surface area contributed by atoms with Gasteiger partial charge < -0.3 is 15.6 Å². The van der Waals surface area contributed by atoms with E-state index in [9.17, 15) is 4.79 Å². The summed E-state index contributed by atoms with van der Waals surface area (Å²) < 4.78 is 0. The Morgan fingerprint density at radius 3 is 2.71 bits per heavy atom. The summed E-state index contributed by atoms with van der Waals surface area (Å²) in [6.07, 6.45) is 6.00. The third-order valence-electron chi connectivity index (χ3n) is 7.00. The molecule has 7 heteroatoms. The van der Waals surface area contributed by atoms with Gasteiger partial charge in [0.2, 0.25) is 0 Å². The van der Waals surface area contributed by atoms with Gasteiger partial charge in [0.05, 0.1) is 10.0 Å². The number of para-hydroxylation sites is 1. The van der Waals surface area contributed by atoms with Gasteiger partial charge in [-0.3, -0.25) is 9.69 Å². The number of amides is 1. The van der Waals surface area contributed by atoms with E-state index in [0.29, 0.717) is 15.7 Å². The van der Waals surface area contributed by atoms with Crippen LogP contribution in [0.3, 0.4) is 0 Å². The van der Waals surface area contributed by atoms with Gasteiger partial charge in [-0.25, -0.2) is 0 Å². The minimum atomic E-state index is -0.0394. The van der Waals surface area contributed by atoms with E-state index in [1.54, 1.807) is 0 Å². The quantitative estimate of drug-likeness (QED) is 0.382. The Morgan fingerprint density at radius 1 is 1.12 bits per heavy atom. The van der Waals surface area contributed by atoms with Crippen molar-refractivity contribution in [2.45, 2.75) is 37.8 Å². The Balaban J connectivity index is 1.26. The molecule has 0 radical (unpaired) electrons. The van der Waals surface area contributed by atoms with Crippen molar-refractivity contribution in [3.05, 3.63) is 81.5 Å². The summed E-state index contributed by atoms with van der Waals surface area (Å²) in [5.41, 5.74) is 4.13. The predicted octanol–water partition coefficient (Wildman–Crippen LogP) is 5.72. The van der Waals surface area contributed by atoms with Crippen molar-refractivity contribution in [2.75, 3.05) is 26.2 Å². The number of hydrogen-bond donors (Lipinski definition) is 3. The maximum absolute atomic E-state index is 12.8. The summed E-state index contributed by atoms with van der Waals surface area (Å²) in [5, 5.41) is 8.97. The monoisotopic (exact) mass is 496 g/mol. The first-order valence-electron chi connectivity index (χ1n) is 12.0. The first-order chi connectivity index (χ1) is 16.6. The van der Waals surface area contributed by atoms with E-state index in [0.717, 1.165) is 68.3 Å². The van der Waals surface area contributed by atoms with Gasteiger partial charge in [-0.1, -0.05) is 65.2 Å². The Kier molecular flexibility index (Phi) is 7.26. The third kappa shape index (κ3) is 5.18. The van der Waals surface area contributed by atoms with Gasteiger partial charge in [0.25, 0.3) is 5.91 Å². The fourth-order valence-electron chi connectivity index (χ4n) is 5.12. The number of fused-ring (bicyclic) bond motifs is 1. The van der Waals surface area contributed by atoms with Crippen LogP contribution in [0.25, 0.3) is 10.9 Å². The molecule has 1 amide bonds. The average molecular weight is 497 g/mol. The lowest BCUT2D eigenvalue weighted by atomic mass is 9.88. The number of nitrogens with one attached hydrogen (secondary N) is 3. The summed E-state index contributed by atoms with van der Waals surface area (Å²) in [4.78, 5) is 18.5. The van der Waals surface area contributed by atoms with Crippen LogP contribution >= 0.6 is 23.2 Å². The van der Waals surface area contributed by atoms with Crippen molar-refractivity contribution >= 4 is 40.0 Å². The number of rotatable bonds is 6. The summed E-state index contributed by atoms with van der Waals surface area (Å²) >= 11 is 13.0. The molecule has 5 nitrogen and oxygen atoms in total. The van der Waals surface area contributed by atoms with Gasteiger partial charge in [0.1, 0.15) is 5.69 Å².